The molecule has 0 aromatic heterocycles. The number of halogens is 1. The van der Waals surface area contributed by atoms with E-state index in [-0.39, 0.29) is 5.82 Å². The Labute approximate surface area is 103 Å². The van der Waals surface area contributed by atoms with E-state index in [1.807, 2.05) is 12.1 Å². The maximum atomic E-state index is 13.5. The summed E-state index contributed by atoms with van der Waals surface area (Å²) >= 11 is 0. The molecule has 1 aromatic carbocycles. The highest BCUT2D eigenvalue weighted by atomic mass is 19.1. The van der Waals surface area contributed by atoms with Crippen molar-refractivity contribution in [3.05, 3.63) is 35.6 Å². The zero-order valence-corrected chi connectivity index (χ0v) is 10.6. The van der Waals surface area contributed by atoms with Crippen LogP contribution in [0.3, 0.4) is 0 Å². The molecule has 2 unspecified atom stereocenters. The van der Waals surface area contributed by atoms with Crippen LogP contribution in [-0.2, 0) is 6.54 Å². The van der Waals surface area contributed by atoms with Crippen molar-refractivity contribution in [1.82, 2.24) is 10.2 Å². The van der Waals surface area contributed by atoms with Gasteiger partial charge in [0.15, 0.2) is 0 Å². The number of hydrogen-bond donors (Lipinski definition) is 1. The lowest BCUT2D eigenvalue weighted by atomic mass is 9.97. The third-order valence-corrected chi connectivity index (χ3v) is 3.62. The summed E-state index contributed by atoms with van der Waals surface area (Å²) in [5.74, 6) is 1.31. The van der Waals surface area contributed by atoms with E-state index in [2.05, 4.69) is 24.2 Å². The van der Waals surface area contributed by atoms with Crippen molar-refractivity contribution in [1.29, 1.82) is 0 Å². The van der Waals surface area contributed by atoms with E-state index in [0.717, 1.165) is 31.1 Å². The van der Waals surface area contributed by atoms with Crippen LogP contribution in [0.4, 0.5) is 4.39 Å². The van der Waals surface area contributed by atoms with E-state index in [1.165, 1.54) is 6.07 Å². The summed E-state index contributed by atoms with van der Waals surface area (Å²) in [6.07, 6.45) is 0. The van der Waals surface area contributed by atoms with Crippen LogP contribution in [0.5, 0.6) is 0 Å². The monoisotopic (exact) mass is 236 g/mol. The van der Waals surface area contributed by atoms with Crippen LogP contribution in [0.1, 0.15) is 12.5 Å². The van der Waals surface area contributed by atoms with Gasteiger partial charge in [0.1, 0.15) is 5.82 Å². The minimum atomic E-state index is -0.100. The minimum Gasteiger partial charge on any atom is -0.316 e. The van der Waals surface area contributed by atoms with Gasteiger partial charge < -0.3 is 10.2 Å². The Morgan fingerprint density at radius 3 is 2.76 bits per heavy atom. The summed E-state index contributed by atoms with van der Waals surface area (Å²) in [7, 11) is 2.07. The lowest BCUT2D eigenvalue weighted by Gasteiger charge is -2.23. The molecule has 3 heteroatoms. The summed E-state index contributed by atoms with van der Waals surface area (Å²) < 4.78 is 13.5. The topological polar surface area (TPSA) is 15.3 Å². The average Bonchev–Trinajstić information content (AvgIpc) is 2.68. The molecule has 0 radical (unpaired) electrons. The number of nitrogens with one attached hydrogen (secondary N) is 1. The standard InChI is InChI=1S/C14H21FN2/c1-11-7-16-8-13(11)10-17(2)9-12-5-3-4-6-14(12)15/h3-6,11,13,16H,7-10H2,1-2H3. The van der Waals surface area contributed by atoms with Crippen molar-refractivity contribution in [2.75, 3.05) is 26.7 Å². The molecule has 1 aromatic rings. The molecule has 0 aliphatic carbocycles. The van der Waals surface area contributed by atoms with Crippen molar-refractivity contribution in [2.24, 2.45) is 11.8 Å². The molecule has 1 saturated heterocycles. The van der Waals surface area contributed by atoms with E-state index < -0.39 is 0 Å². The fraction of sp³-hybridized carbons (Fsp3) is 0.571. The Balaban J connectivity index is 1.89. The first-order chi connectivity index (χ1) is 8.16. The fourth-order valence-corrected chi connectivity index (χ4v) is 2.49. The van der Waals surface area contributed by atoms with Crippen LogP contribution >= 0.6 is 0 Å². The highest BCUT2D eigenvalue weighted by Gasteiger charge is 2.24. The van der Waals surface area contributed by atoms with Gasteiger partial charge in [-0.2, -0.15) is 0 Å². The molecule has 0 bridgehead atoms. The summed E-state index contributed by atoms with van der Waals surface area (Å²) in [6, 6.07) is 7.03. The van der Waals surface area contributed by atoms with Crippen LogP contribution in [0.25, 0.3) is 0 Å². The summed E-state index contributed by atoms with van der Waals surface area (Å²) in [4.78, 5) is 2.21. The van der Waals surface area contributed by atoms with Crippen molar-refractivity contribution in [3.8, 4) is 0 Å². The Morgan fingerprint density at radius 2 is 2.12 bits per heavy atom. The predicted octanol–water partition coefficient (Wildman–Crippen LogP) is 2.11. The van der Waals surface area contributed by atoms with Gasteiger partial charge >= 0.3 is 0 Å². The second-order valence-corrected chi connectivity index (χ2v) is 5.18. The first-order valence-corrected chi connectivity index (χ1v) is 6.29. The molecule has 1 aliphatic rings. The summed E-state index contributed by atoms with van der Waals surface area (Å²) in [6.45, 7) is 6.20. The summed E-state index contributed by atoms with van der Waals surface area (Å²) in [5.41, 5.74) is 0.786. The lowest BCUT2D eigenvalue weighted by molar-refractivity contribution is 0.250. The molecule has 0 spiro atoms. The molecule has 2 rings (SSSR count). The second-order valence-electron chi connectivity index (χ2n) is 5.18. The second kappa shape index (κ2) is 5.61. The number of hydrogen-bond acceptors (Lipinski definition) is 2. The van der Waals surface area contributed by atoms with Gasteiger partial charge in [-0.1, -0.05) is 25.1 Å². The smallest absolute Gasteiger partial charge is 0.127 e. The van der Waals surface area contributed by atoms with Gasteiger partial charge in [0.05, 0.1) is 0 Å². The molecule has 1 heterocycles. The Morgan fingerprint density at radius 1 is 1.35 bits per heavy atom. The SMILES string of the molecule is CC1CNCC1CN(C)Cc1ccccc1F. The van der Waals surface area contributed by atoms with Crippen molar-refractivity contribution in [3.63, 3.8) is 0 Å². The molecule has 1 N–H and O–H groups in total. The molecule has 0 amide bonds. The van der Waals surface area contributed by atoms with Crippen molar-refractivity contribution >= 4 is 0 Å². The minimum absolute atomic E-state index is 0.100. The molecule has 0 saturated carbocycles. The van der Waals surface area contributed by atoms with Crippen LogP contribution in [0.15, 0.2) is 24.3 Å². The van der Waals surface area contributed by atoms with Crippen LogP contribution < -0.4 is 5.32 Å². The zero-order valence-electron chi connectivity index (χ0n) is 10.6. The van der Waals surface area contributed by atoms with Gasteiger partial charge in [0, 0.05) is 18.7 Å². The van der Waals surface area contributed by atoms with Gasteiger partial charge in [0.2, 0.25) is 0 Å². The quantitative estimate of drug-likeness (QED) is 0.861. The fourth-order valence-electron chi connectivity index (χ4n) is 2.49. The largest absolute Gasteiger partial charge is 0.316 e. The number of nitrogens with zero attached hydrogens (tertiary/aromatic N) is 1. The van der Waals surface area contributed by atoms with Gasteiger partial charge in [-0.15, -0.1) is 0 Å². The van der Waals surface area contributed by atoms with E-state index in [0.29, 0.717) is 12.5 Å². The Kier molecular flexibility index (Phi) is 4.13. The summed E-state index contributed by atoms with van der Waals surface area (Å²) in [5, 5.41) is 3.40. The lowest BCUT2D eigenvalue weighted by Crippen LogP contribution is -2.29. The van der Waals surface area contributed by atoms with Crippen LogP contribution in [-0.4, -0.2) is 31.6 Å². The molecule has 2 atom stereocenters. The van der Waals surface area contributed by atoms with Gasteiger partial charge in [-0.25, -0.2) is 4.39 Å². The highest BCUT2D eigenvalue weighted by molar-refractivity contribution is 5.16. The molecule has 17 heavy (non-hydrogen) atoms. The molecule has 1 fully saturated rings. The van der Waals surface area contributed by atoms with E-state index in [1.54, 1.807) is 6.07 Å². The third kappa shape index (κ3) is 3.27. The molecular formula is C14H21FN2. The molecule has 94 valence electrons. The third-order valence-electron chi connectivity index (χ3n) is 3.62. The Hall–Kier alpha value is -0.930. The molecule has 2 nitrogen and oxygen atoms in total. The van der Waals surface area contributed by atoms with E-state index in [9.17, 15) is 4.39 Å². The van der Waals surface area contributed by atoms with Crippen molar-refractivity contribution < 1.29 is 4.39 Å². The first kappa shape index (κ1) is 12.5. The number of benzene rings is 1. The van der Waals surface area contributed by atoms with E-state index in [4.69, 9.17) is 0 Å². The number of rotatable bonds is 4. The average molecular weight is 236 g/mol. The van der Waals surface area contributed by atoms with Crippen LogP contribution in [0.2, 0.25) is 0 Å². The first-order valence-electron chi connectivity index (χ1n) is 6.29. The predicted molar refractivity (Wildman–Crippen MR) is 68.3 cm³/mol. The highest BCUT2D eigenvalue weighted by Crippen LogP contribution is 2.18. The van der Waals surface area contributed by atoms with Gasteiger partial charge in [0.25, 0.3) is 0 Å². The van der Waals surface area contributed by atoms with Gasteiger partial charge in [-0.05, 0) is 38.0 Å². The maximum absolute atomic E-state index is 13.5. The normalized spacial score (nSPS) is 24.5. The maximum Gasteiger partial charge on any atom is 0.127 e. The molecule has 1 aliphatic heterocycles. The van der Waals surface area contributed by atoms with E-state index >= 15 is 0 Å². The Bertz CT molecular complexity index is 367. The van der Waals surface area contributed by atoms with Crippen LogP contribution in [0, 0.1) is 17.7 Å². The van der Waals surface area contributed by atoms with Gasteiger partial charge in [-0.3, -0.25) is 0 Å². The zero-order chi connectivity index (χ0) is 12.3. The van der Waals surface area contributed by atoms with Crippen molar-refractivity contribution in [2.45, 2.75) is 13.5 Å². The molecular weight excluding hydrogens is 215 g/mol.